The largest absolute Gasteiger partial charge is 0.478 e. The highest BCUT2D eigenvalue weighted by molar-refractivity contribution is 8.00. The van der Waals surface area contributed by atoms with Crippen molar-refractivity contribution in [1.82, 2.24) is 34.8 Å². The number of carboxylic acids is 2. The summed E-state index contributed by atoms with van der Waals surface area (Å²) in [5.74, 6) is -4.07. The number of thiol groups is 1. The molecule has 0 saturated carbocycles. The van der Waals surface area contributed by atoms with Gasteiger partial charge >= 0.3 is 11.9 Å². The number of oxime groups is 1. The first-order valence-electron chi connectivity index (χ1n) is 10.8. The number of nitrogens with one attached hydrogen (secondary N) is 1. The minimum Gasteiger partial charge on any atom is -0.478 e. The van der Waals surface area contributed by atoms with Gasteiger partial charge in [0.1, 0.15) is 41.8 Å². The summed E-state index contributed by atoms with van der Waals surface area (Å²) in [7, 11) is 1.24. The van der Waals surface area contributed by atoms with E-state index in [2.05, 4.69) is 43.2 Å². The van der Waals surface area contributed by atoms with Crippen LogP contribution in [0.15, 0.2) is 34.3 Å². The fourth-order valence-corrected chi connectivity index (χ4v) is 6.67. The molecular weight excluding hydrogens is 574 g/mol. The molecule has 19 heteroatoms. The molecule has 3 atom stereocenters. The van der Waals surface area contributed by atoms with Crippen LogP contribution in [-0.2, 0) is 19.2 Å². The minimum absolute atomic E-state index is 0.0295. The van der Waals surface area contributed by atoms with E-state index in [1.165, 1.54) is 30.6 Å². The van der Waals surface area contributed by atoms with Crippen LogP contribution in [0.25, 0.3) is 5.78 Å². The Morgan fingerprint density at radius 2 is 2.08 bits per heavy atom. The lowest BCUT2D eigenvalue weighted by Crippen LogP contribution is -2.71. The number of β-lactam (4-membered cyclic amide) rings is 1. The molecule has 0 aromatic carbocycles. The van der Waals surface area contributed by atoms with Crippen LogP contribution in [0.2, 0.25) is 0 Å². The highest BCUT2D eigenvalue weighted by atomic mass is 32.2. The summed E-state index contributed by atoms with van der Waals surface area (Å²) >= 11 is 6.81. The molecule has 3 aromatic heterocycles. The Bertz CT molecular complexity index is 1600. The Morgan fingerprint density at radius 3 is 2.72 bits per heavy atom. The van der Waals surface area contributed by atoms with E-state index >= 15 is 0 Å². The van der Waals surface area contributed by atoms with Gasteiger partial charge in [-0.3, -0.25) is 14.5 Å². The van der Waals surface area contributed by atoms with Gasteiger partial charge in [0.2, 0.25) is 0 Å². The summed E-state index contributed by atoms with van der Waals surface area (Å²) in [4.78, 5) is 68.1. The number of hydrogen-bond acceptors (Lipinski definition) is 14. The van der Waals surface area contributed by atoms with Crippen LogP contribution < -0.4 is 11.1 Å². The molecule has 16 nitrogen and oxygen atoms in total. The maximum Gasteiger partial charge on any atom is 0.352 e. The summed E-state index contributed by atoms with van der Waals surface area (Å²) in [5.41, 5.74) is 5.14. The van der Waals surface area contributed by atoms with Crippen molar-refractivity contribution in [3.8, 4) is 0 Å². The van der Waals surface area contributed by atoms with E-state index in [9.17, 15) is 29.4 Å². The number of carbonyl (C=O) groups is 4. The number of aromatic carboxylic acids is 1. The van der Waals surface area contributed by atoms with Gasteiger partial charge in [-0.05, 0) is 5.57 Å². The van der Waals surface area contributed by atoms with Gasteiger partial charge in [-0.2, -0.15) is 27.2 Å². The number of carbonyl (C=O) groups excluding carboxylic acids is 2. The topological polar surface area (TPSA) is 228 Å². The number of thioether (sulfide) groups is 1. The second-order valence-electron chi connectivity index (χ2n) is 7.97. The normalized spacial score (nSPS) is 19.9. The summed E-state index contributed by atoms with van der Waals surface area (Å²) < 4.78 is 1.16. The van der Waals surface area contributed by atoms with Crippen LogP contribution in [0.3, 0.4) is 0 Å². The van der Waals surface area contributed by atoms with Crippen LogP contribution in [0.5, 0.6) is 0 Å². The van der Waals surface area contributed by atoms with Crippen LogP contribution in [0.1, 0.15) is 27.0 Å². The monoisotopic (exact) mass is 591 g/mol. The molecule has 3 aromatic rings. The average Bonchev–Trinajstić information content (AvgIpc) is 3.56. The molecule has 39 heavy (non-hydrogen) atoms. The minimum atomic E-state index is -1.42. The summed E-state index contributed by atoms with van der Waals surface area (Å²) in [6.45, 7) is 0. The predicted molar refractivity (Wildman–Crippen MR) is 139 cm³/mol. The van der Waals surface area contributed by atoms with Crippen molar-refractivity contribution < 1.29 is 34.2 Å². The summed E-state index contributed by atoms with van der Waals surface area (Å²) in [5, 5.41) is 29.9. The molecular formula is C20H17N9O7S3. The number of nitrogen functional groups attached to an aromatic ring is 1. The standard InChI is InChI=1S/C20H17N9O7S3/c1-36-27-9(8-4-39-19(21)25-8)14(30)26-10-15(31)28-12(18(34)35)7(3-38-16(10)28)13(37)11-6(17(32)33)2-22-20-23-5-24-29(11)20/h2,4-5,10,13,16,37H,3H2,1H3,(H2,21,25)(H,26,30)(H,32,33)(H,34,35)/t10-,13?,16-/m1/s1. The van der Waals surface area contributed by atoms with Crippen LogP contribution in [-0.4, -0.2) is 93.4 Å². The van der Waals surface area contributed by atoms with E-state index in [1.807, 2.05) is 0 Å². The van der Waals surface area contributed by atoms with Gasteiger partial charge < -0.3 is 26.1 Å². The average molecular weight is 592 g/mol. The molecule has 0 bridgehead atoms. The van der Waals surface area contributed by atoms with Crippen LogP contribution >= 0.6 is 35.7 Å². The number of thiazole rings is 1. The lowest BCUT2D eigenvalue weighted by atomic mass is 9.98. The third-order valence-electron chi connectivity index (χ3n) is 5.81. The van der Waals surface area contributed by atoms with E-state index in [1.54, 1.807) is 0 Å². The van der Waals surface area contributed by atoms with Crippen molar-refractivity contribution in [1.29, 1.82) is 0 Å². The number of anilines is 1. The Balaban J connectivity index is 1.46. The quantitative estimate of drug-likeness (QED) is 0.0975. The number of aliphatic carboxylic acids is 1. The van der Waals surface area contributed by atoms with Gasteiger partial charge in [-0.15, -0.1) is 23.1 Å². The zero-order valence-electron chi connectivity index (χ0n) is 19.6. The molecule has 5 rings (SSSR count). The maximum absolute atomic E-state index is 13.2. The second kappa shape index (κ2) is 10.2. The number of nitrogens with zero attached hydrogens (tertiary/aromatic N) is 7. The Kier molecular flexibility index (Phi) is 6.87. The second-order valence-corrected chi connectivity index (χ2v) is 10.5. The highest BCUT2D eigenvalue weighted by Crippen LogP contribution is 2.45. The zero-order valence-corrected chi connectivity index (χ0v) is 22.1. The number of hydrogen-bond donors (Lipinski definition) is 5. The van der Waals surface area contributed by atoms with E-state index in [4.69, 9.17) is 10.6 Å². The molecule has 1 fully saturated rings. The predicted octanol–water partition coefficient (Wildman–Crippen LogP) is -0.379. The molecule has 0 aliphatic carbocycles. The first-order chi connectivity index (χ1) is 18.6. The van der Waals surface area contributed by atoms with Gasteiger partial charge in [0.05, 0.1) is 10.9 Å². The molecule has 0 radical (unpaired) electrons. The molecule has 1 saturated heterocycles. The summed E-state index contributed by atoms with van der Waals surface area (Å²) in [6.07, 6.45) is 2.25. The van der Waals surface area contributed by atoms with Gasteiger partial charge in [0.25, 0.3) is 17.6 Å². The van der Waals surface area contributed by atoms with E-state index in [0.29, 0.717) is 0 Å². The van der Waals surface area contributed by atoms with Gasteiger partial charge in [-0.25, -0.2) is 19.6 Å². The fraction of sp³-hybridized carbons (Fsp3) is 0.250. The number of aromatic nitrogens is 5. The van der Waals surface area contributed by atoms with Gasteiger partial charge in [0, 0.05) is 17.3 Å². The van der Waals surface area contributed by atoms with Gasteiger partial charge in [-0.1, -0.05) is 5.16 Å². The van der Waals surface area contributed by atoms with Crippen LogP contribution in [0, 0.1) is 0 Å². The van der Waals surface area contributed by atoms with Gasteiger partial charge in [0.15, 0.2) is 10.8 Å². The fourth-order valence-electron chi connectivity index (χ4n) is 4.14. The Hall–Kier alpha value is -4.23. The Morgan fingerprint density at radius 1 is 1.31 bits per heavy atom. The molecule has 2 aliphatic heterocycles. The molecule has 2 aliphatic rings. The van der Waals surface area contributed by atoms with Crippen molar-refractivity contribution in [2.75, 3.05) is 18.6 Å². The molecule has 202 valence electrons. The maximum atomic E-state index is 13.2. The summed E-state index contributed by atoms with van der Waals surface area (Å²) in [6, 6.07) is -1.08. The number of carboxylic acid groups (broad SMARTS) is 2. The molecule has 1 unspecified atom stereocenters. The number of rotatable bonds is 8. The lowest BCUT2D eigenvalue weighted by Gasteiger charge is -2.49. The Labute approximate surface area is 231 Å². The van der Waals surface area contributed by atoms with Crippen molar-refractivity contribution in [2.24, 2.45) is 5.16 Å². The first-order valence-corrected chi connectivity index (χ1v) is 13.2. The van der Waals surface area contributed by atoms with Crippen LogP contribution in [0.4, 0.5) is 5.13 Å². The van der Waals surface area contributed by atoms with Crippen molar-refractivity contribution in [3.05, 3.63) is 46.1 Å². The number of fused-ring (bicyclic) bond motifs is 2. The SMILES string of the molecule is CON=C(C(=O)N[C@@H]1C(=O)N2C(C(=O)O)=C(C(S)c3c(C(=O)O)cnc4ncnn34)CS[C@H]12)c1csc(N)n1. The zero-order chi connectivity index (χ0) is 28.0. The number of nitrogens with two attached hydrogens (primary N) is 1. The first kappa shape index (κ1) is 26.4. The molecule has 2 amide bonds. The van der Waals surface area contributed by atoms with Crippen molar-refractivity contribution >= 4 is 76.1 Å². The molecule has 5 heterocycles. The van der Waals surface area contributed by atoms with Crippen molar-refractivity contribution in [2.45, 2.75) is 16.7 Å². The van der Waals surface area contributed by atoms with Crippen molar-refractivity contribution in [3.63, 3.8) is 0 Å². The number of amides is 2. The third-order valence-corrected chi connectivity index (χ3v) is 8.34. The van der Waals surface area contributed by atoms with E-state index in [0.717, 1.165) is 26.9 Å². The lowest BCUT2D eigenvalue weighted by molar-refractivity contribution is -0.150. The van der Waals surface area contributed by atoms with E-state index < -0.39 is 40.4 Å². The highest BCUT2D eigenvalue weighted by Gasteiger charge is 2.55. The smallest absolute Gasteiger partial charge is 0.352 e. The third kappa shape index (κ3) is 4.42. The molecule has 5 N–H and O–H groups in total. The van der Waals surface area contributed by atoms with E-state index in [-0.39, 0.29) is 50.6 Å². The molecule has 0 spiro atoms.